The second kappa shape index (κ2) is 5.03. The minimum Gasteiger partial charge on any atom is -0.272 e. The fourth-order valence-corrected chi connectivity index (χ4v) is 6.03. The molecule has 2 N–H and O–H groups in total. The number of hydrazine groups is 1. The second-order valence-corrected chi connectivity index (χ2v) is 8.22. The molecule has 24 heavy (non-hydrogen) atoms. The first kappa shape index (κ1) is 14.4. The number of pyridine rings is 1. The van der Waals surface area contributed by atoms with Crippen molar-refractivity contribution in [2.24, 2.45) is 29.0 Å². The summed E-state index contributed by atoms with van der Waals surface area (Å²) in [5.41, 5.74) is 1.44. The van der Waals surface area contributed by atoms with Gasteiger partial charge in [0, 0.05) is 11.6 Å². The first-order valence-corrected chi connectivity index (χ1v) is 9.08. The summed E-state index contributed by atoms with van der Waals surface area (Å²) < 4.78 is 0. The molecule has 0 saturated heterocycles. The summed E-state index contributed by atoms with van der Waals surface area (Å²) in [6.45, 7) is 0. The fraction of sp³-hybridized carbons (Fsp3) is 0.500. The summed E-state index contributed by atoms with van der Waals surface area (Å²) in [5, 5.41) is 2.37. The third-order valence-electron chi connectivity index (χ3n) is 6.59. The van der Waals surface area contributed by atoms with E-state index in [1.165, 1.54) is 24.3 Å². The molecule has 124 valence electrons. The van der Waals surface area contributed by atoms with Gasteiger partial charge in [-0.1, -0.05) is 6.07 Å². The van der Waals surface area contributed by atoms with Crippen LogP contribution in [-0.2, 0) is 4.79 Å². The number of aromatic nitrogens is 1. The van der Waals surface area contributed by atoms with Gasteiger partial charge in [-0.2, -0.15) is 0 Å². The predicted octanol–water partition coefficient (Wildman–Crippen LogP) is 3.66. The number of anilines is 1. The zero-order valence-corrected chi connectivity index (χ0v) is 13.8. The third kappa shape index (κ3) is 2.02. The van der Waals surface area contributed by atoms with Crippen LogP contribution in [0.15, 0.2) is 36.5 Å². The summed E-state index contributed by atoms with van der Waals surface area (Å²) in [7, 11) is 0. The number of carbonyl (C=O) groups is 1. The van der Waals surface area contributed by atoms with Crippen molar-refractivity contribution in [2.75, 3.05) is 5.01 Å². The molecule has 4 aliphatic rings. The first-order valence-electron chi connectivity index (χ1n) is 9.08. The van der Waals surface area contributed by atoms with Crippen LogP contribution in [-0.4, -0.2) is 10.9 Å². The number of fused-ring (bicyclic) bond motifs is 1. The highest BCUT2D eigenvalue weighted by Crippen LogP contribution is 2.60. The molecule has 1 aromatic carbocycles. The molecule has 4 nitrogen and oxygen atoms in total. The van der Waals surface area contributed by atoms with Crippen LogP contribution in [0.4, 0.5) is 5.69 Å². The average molecular weight is 321 g/mol. The van der Waals surface area contributed by atoms with Gasteiger partial charge in [0.05, 0.1) is 16.6 Å². The molecule has 2 aromatic rings. The van der Waals surface area contributed by atoms with Crippen LogP contribution >= 0.6 is 0 Å². The Morgan fingerprint density at radius 2 is 1.71 bits per heavy atom. The van der Waals surface area contributed by atoms with Crippen LogP contribution in [0.5, 0.6) is 0 Å². The molecule has 4 fully saturated rings. The van der Waals surface area contributed by atoms with Crippen molar-refractivity contribution in [3.05, 3.63) is 36.5 Å². The molecule has 1 amide bonds. The lowest BCUT2D eigenvalue weighted by Gasteiger charge is -2.56. The molecule has 4 saturated carbocycles. The van der Waals surface area contributed by atoms with Crippen LogP contribution in [0.25, 0.3) is 10.9 Å². The monoisotopic (exact) mass is 321 g/mol. The van der Waals surface area contributed by atoms with E-state index in [2.05, 4.69) is 4.98 Å². The van der Waals surface area contributed by atoms with Gasteiger partial charge in [-0.3, -0.25) is 9.78 Å². The number of carbonyl (C=O) groups excluding carboxylic acids is 1. The molecular weight excluding hydrogens is 298 g/mol. The van der Waals surface area contributed by atoms with Gasteiger partial charge in [0.25, 0.3) is 0 Å². The van der Waals surface area contributed by atoms with Crippen molar-refractivity contribution in [3.8, 4) is 0 Å². The Hall–Kier alpha value is -1.94. The van der Waals surface area contributed by atoms with Crippen LogP contribution in [0, 0.1) is 23.2 Å². The van der Waals surface area contributed by atoms with E-state index in [9.17, 15) is 4.79 Å². The molecule has 4 aliphatic carbocycles. The number of rotatable bonds is 2. The zero-order chi connectivity index (χ0) is 16.3. The summed E-state index contributed by atoms with van der Waals surface area (Å²) in [6, 6.07) is 9.71. The van der Waals surface area contributed by atoms with Crippen molar-refractivity contribution in [3.63, 3.8) is 0 Å². The molecule has 0 unspecified atom stereocenters. The van der Waals surface area contributed by atoms with Crippen LogP contribution in [0.2, 0.25) is 0 Å². The van der Waals surface area contributed by atoms with E-state index in [0.29, 0.717) is 0 Å². The lowest BCUT2D eigenvalue weighted by atomic mass is 9.49. The van der Waals surface area contributed by atoms with Gasteiger partial charge in [0.1, 0.15) is 0 Å². The minimum atomic E-state index is -0.214. The zero-order valence-electron chi connectivity index (χ0n) is 13.8. The van der Waals surface area contributed by atoms with Crippen LogP contribution in [0.1, 0.15) is 38.5 Å². The quantitative estimate of drug-likeness (QED) is 0.522. The molecule has 0 radical (unpaired) electrons. The third-order valence-corrected chi connectivity index (χ3v) is 6.59. The number of hydrogen-bond acceptors (Lipinski definition) is 3. The van der Waals surface area contributed by atoms with Gasteiger partial charge >= 0.3 is 0 Å². The highest BCUT2D eigenvalue weighted by molar-refractivity contribution is 6.04. The molecular formula is C20H23N3O. The van der Waals surface area contributed by atoms with Gasteiger partial charge in [-0.15, -0.1) is 0 Å². The van der Waals surface area contributed by atoms with Crippen LogP contribution < -0.4 is 10.9 Å². The summed E-state index contributed by atoms with van der Waals surface area (Å²) in [6.07, 6.45) is 8.87. The van der Waals surface area contributed by atoms with Gasteiger partial charge in [-0.25, -0.2) is 10.9 Å². The Labute approximate surface area is 142 Å². The molecule has 6 rings (SSSR count). The highest BCUT2D eigenvalue weighted by atomic mass is 16.2. The lowest BCUT2D eigenvalue weighted by Crippen LogP contribution is -2.56. The van der Waals surface area contributed by atoms with Crippen molar-refractivity contribution in [1.82, 2.24) is 4.98 Å². The van der Waals surface area contributed by atoms with E-state index in [1.807, 2.05) is 30.3 Å². The van der Waals surface area contributed by atoms with E-state index in [-0.39, 0.29) is 11.3 Å². The highest BCUT2D eigenvalue weighted by Gasteiger charge is 2.55. The standard InChI is InChI=1S/C20H23N3O/c21-23(18-5-1-4-17-16(18)3-2-6-22-17)19(24)20-10-13-7-14(11-20)9-15(8-13)12-20/h1-6,13-15H,7-12,21H2. The number of amides is 1. The maximum absolute atomic E-state index is 13.4. The smallest absolute Gasteiger partial charge is 0.247 e. The van der Waals surface area contributed by atoms with Crippen molar-refractivity contribution < 1.29 is 4.79 Å². The normalized spacial score (nSPS) is 33.8. The Morgan fingerprint density at radius 1 is 1.04 bits per heavy atom. The number of nitrogens with zero attached hydrogens (tertiary/aromatic N) is 2. The molecule has 4 heteroatoms. The summed E-state index contributed by atoms with van der Waals surface area (Å²) in [4.78, 5) is 17.8. The second-order valence-electron chi connectivity index (χ2n) is 8.22. The van der Waals surface area contributed by atoms with Gasteiger partial charge in [0.15, 0.2) is 0 Å². The van der Waals surface area contributed by atoms with E-state index in [4.69, 9.17) is 5.84 Å². The first-order chi connectivity index (χ1) is 11.6. The molecule has 0 aliphatic heterocycles. The maximum atomic E-state index is 13.4. The van der Waals surface area contributed by atoms with Crippen molar-refractivity contribution >= 4 is 22.5 Å². The van der Waals surface area contributed by atoms with Crippen molar-refractivity contribution in [2.45, 2.75) is 38.5 Å². The molecule has 0 spiro atoms. The summed E-state index contributed by atoms with van der Waals surface area (Å²) in [5.74, 6) is 8.72. The largest absolute Gasteiger partial charge is 0.272 e. The lowest BCUT2D eigenvalue weighted by molar-refractivity contribution is -0.143. The van der Waals surface area contributed by atoms with E-state index in [1.54, 1.807) is 6.20 Å². The van der Waals surface area contributed by atoms with Gasteiger partial charge in [-0.05, 0) is 80.5 Å². The van der Waals surface area contributed by atoms with E-state index >= 15 is 0 Å². The molecule has 1 heterocycles. The topological polar surface area (TPSA) is 59.2 Å². The average Bonchev–Trinajstić information content (AvgIpc) is 2.59. The summed E-state index contributed by atoms with van der Waals surface area (Å²) >= 11 is 0. The van der Waals surface area contributed by atoms with Crippen LogP contribution in [0.3, 0.4) is 0 Å². The maximum Gasteiger partial charge on any atom is 0.247 e. The Balaban J connectivity index is 1.52. The SMILES string of the molecule is NN(C(=O)C12CC3CC(CC(C3)C1)C2)c1cccc2ncccc12. The number of hydrogen-bond donors (Lipinski definition) is 1. The number of nitrogens with two attached hydrogens (primary N) is 1. The van der Waals surface area contributed by atoms with Gasteiger partial charge in [0.2, 0.25) is 5.91 Å². The fourth-order valence-electron chi connectivity index (χ4n) is 6.03. The minimum absolute atomic E-state index is 0.123. The Morgan fingerprint density at radius 3 is 2.38 bits per heavy atom. The van der Waals surface area contributed by atoms with E-state index < -0.39 is 0 Å². The predicted molar refractivity (Wildman–Crippen MR) is 94.0 cm³/mol. The molecule has 1 aromatic heterocycles. The Kier molecular flexibility index (Phi) is 3.02. The Bertz CT molecular complexity index is 775. The molecule has 4 bridgehead atoms. The van der Waals surface area contributed by atoms with E-state index in [0.717, 1.165) is 53.6 Å². The van der Waals surface area contributed by atoms with Gasteiger partial charge < -0.3 is 0 Å². The molecule has 0 atom stereocenters. The number of benzene rings is 1. The van der Waals surface area contributed by atoms with Crippen molar-refractivity contribution in [1.29, 1.82) is 0 Å².